The topological polar surface area (TPSA) is 85.3 Å². The Balaban J connectivity index is 1.74. The van der Waals surface area contributed by atoms with Gasteiger partial charge in [0.15, 0.2) is 18.1 Å². The van der Waals surface area contributed by atoms with Crippen molar-refractivity contribution < 1.29 is 28.9 Å². The van der Waals surface area contributed by atoms with Gasteiger partial charge < -0.3 is 24.2 Å². The molecular formula is C21H29NO6. The van der Waals surface area contributed by atoms with Crippen LogP contribution in [0.3, 0.4) is 0 Å². The van der Waals surface area contributed by atoms with Gasteiger partial charge >= 0.3 is 5.97 Å². The van der Waals surface area contributed by atoms with Crippen LogP contribution in [-0.4, -0.2) is 60.9 Å². The summed E-state index contributed by atoms with van der Waals surface area (Å²) in [5, 5.41) is 8.81. The predicted octanol–water partition coefficient (Wildman–Crippen LogP) is 2.97. The Labute approximate surface area is 165 Å². The highest BCUT2D eigenvalue weighted by Gasteiger charge is 2.60. The number of nitrogens with zero attached hydrogens (tertiary/aromatic N) is 1. The monoisotopic (exact) mass is 391 g/mol. The maximum absolute atomic E-state index is 13.1. The molecule has 1 aromatic rings. The van der Waals surface area contributed by atoms with Crippen LogP contribution in [0, 0.1) is 5.41 Å². The Kier molecular flexibility index (Phi) is 6.13. The molecule has 2 atom stereocenters. The maximum atomic E-state index is 13.1. The smallest absolute Gasteiger partial charge is 0.341 e. The lowest BCUT2D eigenvalue weighted by atomic mass is 9.50. The molecular weight excluding hydrogens is 362 g/mol. The molecule has 2 aliphatic rings. The number of carboxylic acid groups (broad SMARTS) is 1. The fourth-order valence-corrected chi connectivity index (χ4v) is 4.46. The number of aliphatic carboxylic acids is 1. The van der Waals surface area contributed by atoms with Crippen LogP contribution in [0.4, 0.5) is 0 Å². The van der Waals surface area contributed by atoms with Gasteiger partial charge in [0.2, 0.25) is 0 Å². The molecule has 0 aliphatic heterocycles. The third-order valence-electron chi connectivity index (χ3n) is 6.02. The van der Waals surface area contributed by atoms with Crippen molar-refractivity contribution in [3.05, 3.63) is 23.8 Å². The Bertz CT molecular complexity index is 730. The minimum absolute atomic E-state index is 0.0723. The molecule has 2 aliphatic carbocycles. The highest BCUT2D eigenvalue weighted by atomic mass is 16.5. The van der Waals surface area contributed by atoms with Crippen LogP contribution < -0.4 is 9.47 Å². The van der Waals surface area contributed by atoms with E-state index >= 15 is 0 Å². The number of carbonyl (C=O) groups is 2. The summed E-state index contributed by atoms with van der Waals surface area (Å²) in [6, 6.07) is 5.07. The molecule has 28 heavy (non-hydrogen) atoms. The molecule has 0 saturated heterocycles. The predicted molar refractivity (Wildman–Crippen MR) is 103 cm³/mol. The van der Waals surface area contributed by atoms with Crippen LogP contribution in [0.25, 0.3) is 0 Å². The highest BCUT2D eigenvalue weighted by Crippen LogP contribution is 2.59. The maximum Gasteiger partial charge on any atom is 0.341 e. The van der Waals surface area contributed by atoms with Crippen molar-refractivity contribution in [2.75, 3.05) is 26.9 Å². The summed E-state index contributed by atoms with van der Waals surface area (Å²) in [7, 11) is 1.85. The molecule has 2 fully saturated rings. The molecule has 0 bridgehead atoms. The molecule has 2 saturated carbocycles. The average Bonchev–Trinajstić information content (AvgIpc) is 2.61. The van der Waals surface area contributed by atoms with Crippen molar-refractivity contribution in [2.24, 2.45) is 5.41 Å². The number of amides is 1. The van der Waals surface area contributed by atoms with Gasteiger partial charge in [-0.1, -0.05) is 6.42 Å². The van der Waals surface area contributed by atoms with Crippen LogP contribution in [0.5, 0.6) is 11.5 Å². The summed E-state index contributed by atoms with van der Waals surface area (Å²) in [6.45, 7) is 4.46. The van der Waals surface area contributed by atoms with Crippen LogP contribution in [0.2, 0.25) is 0 Å². The highest BCUT2D eigenvalue weighted by molar-refractivity contribution is 5.95. The Morgan fingerprint density at radius 3 is 2.50 bits per heavy atom. The van der Waals surface area contributed by atoms with E-state index in [9.17, 15) is 9.59 Å². The van der Waals surface area contributed by atoms with Crippen LogP contribution >= 0.6 is 0 Å². The SMILES string of the molecule is CCOc1cc(C(=O)N(C)C2CC(OCC)C23CCC3)ccc1OCC(=O)O. The molecule has 1 aromatic carbocycles. The molecule has 2 unspecified atom stereocenters. The summed E-state index contributed by atoms with van der Waals surface area (Å²) >= 11 is 0. The van der Waals surface area contributed by atoms with E-state index in [0.29, 0.717) is 30.3 Å². The summed E-state index contributed by atoms with van der Waals surface area (Å²) < 4.78 is 16.7. The number of rotatable bonds is 9. The van der Waals surface area contributed by atoms with Crippen LogP contribution in [-0.2, 0) is 9.53 Å². The van der Waals surface area contributed by atoms with E-state index in [2.05, 4.69) is 0 Å². The van der Waals surface area contributed by atoms with E-state index < -0.39 is 12.6 Å². The molecule has 1 N–H and O–H groups in total. The Hall–Kier alpha value is -2.28. The molecule has 0 radical (unpaired) electrons. The molecule has 3 rings (SSSR count). The molecule has 154 valence electrons. The number of ether oxygens (including phenoxy) is 3. The largest absolute Gasteiger partial charge is 0.490 e. The normalized spacial score (nSPS) is 22.1. The van der Waals surface area contributed by atoms with Gasteiger partial charge in [-0.25, -0.2) is 4.79 Å². The van der Waals surface area contributed by atoms with E-state index in [1.807, 2.05) is 25.8 Å². The van der Waals surface area contributed by atoms with Gasteiger partial charge in [0, 0.05) is 30.7 Å². The van der Waals surface area contributed by atoms with Crippen molar-refractivity contribution in [3.8, 4) is 11.5 Å². The van der Waals surface area contributed by atoms with Gasteiger partial charge in [-0.3, -0.25) is 4.79 Å². The van der Waals surface area contributed by atoms with E-state index in [1.54, 1.807) is 18.2 Å². The minimum atomic E-state index is -1.07. The average molecular weight is 391 g/mol. The van der Waals surface area contributed by atoms with Gasteiger partial charge in [0.1, 0.15) is 0 Å². The van der Waals surface area contributed by atoms with Gasteiger partial charge in [-0.2, -0.15) is 0 Å². The summed E-state index contributed by atoms with van der Waals surface area (Å²) in [4.78, 5) is 25.7. The lowest BCUT2D eigenvalue weighted by Gasteiger charge is -2.63. The van der Waals surface area contributed by atoms with Gasteiger partial charge in [-0.05, 0) is 51.3 Å². The number of hydrogen-bond donors (Lipinski definition) is 1. The lowest BCUT2D eigenvalue weighted by molar-refractivity contribution is -0.192. The molecule has 1 amide bonds. The molecule has 1 spiro atoms. The molecule has 0 heterocycles. The number of hydrogen-bond acceptors (Lipinski definition) is 5. The van der Waals surface area contributed by atoms with Crippen LogP contribution in [0.1, 0.15) is 49.9 Å². The van der Waals surface area contributed by atoms with Gasteiger partial charge in [0.05, 0.1) is 12.7 Å². The van der Waals surface area contributed by atoms with E-state index in [4.69, 9.17) is 19.3 Å². The zero-order chi connectivity index (χ0) is 20.3. The zero-order valence-electron chi connectivity index (χ0n) is 16.8. The van der Waals surface area contributed by atoms with E-state index in [-0.39, 0.29) is 23.5 Å². The van der Waals surface area contributed by atoms with E-state index in [1.165, 1.54) is 6.42 Å². The number of benzene rings is 1. The standard InChI is InChI=1S/C21H29NO6/c1-4-26-16-11-14(7-8-15(16)28-13-19(23)24)20(25)22(3)17-12-18(27-5-2)21(17)9-6-10-21/h7-8,11,17-18H,4-6,9-10,12-13H2,1-3H3,(H,23,24). The van der Waals surface area contributed by atoms with Gasteiger partial charge in [-0.15, -0.1) is 0 Å². The summed E-state index contributed by atoms with van der Waals surface area (Å²) in [6.07, 6.45) is 4.51. The van der Waals surface area contributed by atoms with Crippen molar-refractivity contribution in [2.45, 2.75) is 51.7 Å². The molecule has 7 nitrogen and oxygen atoms in total. The van der Waals surface area contributed by atoms with Crippen molar-refractivity contribution in [1.82, 2.24) is 4.90 Å². The van der Waals surface area contributed by atoms with Crippen molar-refractivity contribution in [3.63, 3.8) is 0 Å². The van der Waals surface area contributed by atoms with Crippen molar-refractivity contribution in [1.29, 1.82) is 0 Å². The fourth-order valence-electron chi connectivity index (χ4n) is 4.46. The number of carbonyl (C=O) groups excluding carboxylic acids is 1. The minimum Gasteiger partial charge on any atom is -0.490 e. The fraction of sp³-hybridized carbons (Fsp3) is 0.619. The second kappa shape index (κ2) is 8.39. The first-order chi connectivity index (χ1) is 13.4. The van der Waals surface area contributed by atoms with Gasteiger partial charge in [0.25, 0.3) is 5.91 Å². The molecule has 0 aromatic heterocycles. The first-order valence-corrected chi connectivity index (χ1v) is 9.93. The molecule has 7 heteroatoms. The lowest BCUT2D eigenvalue weighted by Crippen LogP contribution is -2.67. The zero-order valence-corrected chi connectivity index (χ0v) is 16.8. The number of carboxylic acids is 1. The third kappa shape index (κ3) is 3.68. The third-order valence-corrected chi connectivity index (χ3v) is 6.02. The van der Waals surface area contributed by atoms with Crippen LogP contribution in [0.15, 0.2) is 18.2 Å². The van der Waals surface area contributed by atoms with Crippen molar-refractivity contribution >= 4 is 11.9 Å². The second-order valence-corrected chi connectivity index (χ2v) is 7.48. The Morgan fingerprint density at radius 2 is 1.93 bits per heavy atom. The van der Waals surface area contributed by atoms with E-state index in [0.717, 1.165) is 19.3 Å². The second-order valence-electron chi connectivity index (χ2n) is 7.48. The first kappa shape index (κ1) is 20.5. The first-order valence-electron chi connectivity index (χ1n) is 9.93. The Morgan fingerprint density at radius 1 is 1.18 bits per heavy atom. The quantitative estimate of drug-likeness (QED) is 0.697. The summed E-state index contributed by atoms with van der Waals surface area (Å²) in [5.74, 6) is -0.444. The summed E-state index contributed by atoms with van der Waals surface area (Å²) in [5.41, 5.74) is 0.608.